The number of fused-ring (bicyclic) bond motifs is 1. The number of benzene rings is 1. The highest BCUT2D eigenvalue weighted by molar-refractivity contribution is 5.62. The first-order valence-electron chi connectivity index (χ1n) is 4.55. The van der Waals surface area contributed by atoms with Crippen LogP contribution < -0.4 is 4.90 Å². The Morgan fingerprint density at radius 2 is 1.92 bits per heavy atom. The van der Waals surface area contributed by atoms with Crippen molar-refractivity contribution in [3.05, 3.63) is 29.8 Å². The van der Waals surface area contributed by atoms with Gasteiger partial charge in [0.05, 0.1) is 0 Å². The second-order valence-corrected chi connectivity index (χ2v) is 4.22. The SMILES string of the molecule is CN1c2ccccc2C(C)(C)[C@H]1O. The Balaban J connectivity index is 2.61. The molecule has 2 nitrogen and oxygen atoms in total. The summed E-state index contributed by atoms with van der Waals surface area (Å²) < 4.78 is 0. The van der Waals surface area contributed by atoms with Gasteiger partial charge < -0.3 is 10.0 Å². The van der Waals surface area contributed by atoms with Gasteiger partial charge in [-0.3, -0.25) is 0 Å². The van der Waals surface area contributed by atoms with Crippen LogP contribution in [-0.2, 0) is 5.41 Å². The topological polar surface area (TPSA) is 23.5 Å². The fraction of sp³-hybridized carbons (Fsp3) is 0.455. The van der Waals surface area contributed by atoms with Crippen LogP contribution in [0.5, 0.6) is 0 Å². The van der Waals surface area contributed by atoms with Gasteiger partial charge in [0.1, 0.15) is 6.23 Å². The van der Waals surface area contributed by atoms with Crippen LogP contribution in [0.2, 0.25) is 0 Å². The number of likely N-dealkylation sites (N-methyl/N-ethyl adjacent to an activating group) is 1. The van der Waals surface area contributed by atoms with Gasteiger partial charge in [0.2, 0.25) is 0 Å². The largest absolute Gasteiger partial charge is 0.373 e. The maximum atomic E-state index is 9.97. The van der Waals surface area contributed by atoms with Crippen molar-refractivity contribution < 1.29 is 5.11 Å². The molecule has 1 aliphatic rings. The second-order valence-electron chi connectivity index (χ2n) is 4.22. The molecule has 0 aliphatic carbocycles. The van der Waals surface area contributed by atoms with Crippen LogP contribution in [0.4, 0.5) is 5.69 Å². The number of rotatable bonds is 0. The third kappa shape index (κ3) is 0.985. The van der Waals surface area contributed by atoms with E-state index >= 15 is 0 Å². The van der Waals surface area contributed by atoms with Gasteiger partial charge in [-0.25, -0.2) is 0 Å². The van der Waals surface area contributed by atoms with E-state index in [2.05, 4.69) is 19.9 Å². The van der Waals surface area contributed by atoms with Crippen LogP contribution in [0, 0.1) is 0 Å². The molecule has 0 saturated carbocycles. The van der Waals surface area contributed by atoms with Crippen molar-refractivity contribution in [2.45, 2.75) is 25.5 Å². The lowest BCUT2D eigenvalue weighted by atomic mass is 9.85. The minimum Gasteiger partial charge on any atom is -0.373 e. The maximum absolute atomic E-state index is 9.97. The van der Waals surface area contributed by atoms with Crippen molar-refractivity contribution in [2.24, 2.45) is 0 Å². The molecule has 0 amide bonds. The smallest absolute Gasteiger partial charge is 0.135 e. The molecule has 1 N–H and O–H groups in total. The lowest BCUT2D eigenvalue weighted by Gasteiger charge is -2.26. The average Bonchev–Trinajstić information content (AvgIpc) is 2.30. The number of hydrogen-bond acceptors (Lipinski definition) is 2. The number of anilines is 1. The van der Waals surface area contributed by atoms with E-state index in [4.69, 9.17) is 0 Å². The molecule has 0 aromatic heterocycles. The van der Waals surface area contributed by atoms with E-state index < -0.39 is 6.23 Å². The first-order valence-corrected chi connectivity index (χ1v) is 4.55. The number of nitrogens with zero attached hydrogens (tertiary/aromatic N) is 1. The fourth-order valence-electron chi connectivity index (χ4n) is 2.08. The third-order valence-electron chi connectivity index (χ3n) is 2.99. The van der Waals surface area contributed by atoms with Crippen molar-refractivity contribution in [1.82, 2.24) is 0 Å². The van der Waals surface area contributed by atoms with Crippen molar-refractivity contribution in [2.75, 3.05) is 11.9 Å². The van der Waals surface area contributed by atoms with E-state index in [9.17, 15) is 5.11 Å². The summed E-state index contributed by atoms with van der Waals surface area (Å²) in [7, 11) is 1.93. The van der Waals surface area contributed by atoms with Crippen LogP contribution >= 0.6 is 0 Å². The predicted molar refractivity (Wildman–Crippen MR) is 53.9 cm³/mol. The quantitative estimate of drug-likeness (QED) is 0.652. The van der Waals surface area contributed by atoms with Gasteiger partial charge in [-0.2, -0.15) is 0 Å². The summed E-state index contributed by atoms with van der Waals surface area (Å²) in [6, 6.07) is 8.16. The first-order chi connectivity index (χ1) is 6.05. The van der Waals surface area contributed by atoms with Gasteiger partial charge in [0.25, 0.3) is 0 Å². The molecule has 13 heavy (non-hydrogen) atoms. The van der Waals surface area contributed by atoms with E-state index in [-0.39, 0.29) is 5.41 Å². The summed E-state index contributed by atoms with van der Waals surface area (Å²) in [6.45, 7) is 4.14. The molecule has 0 unspecified atom stereocenters. The highest BCUT2D eigenvalue weighted by Crippen LogP contribution is 2.42. The van der Waals surface area contributed by atoms with Gasteiger partial charge in [-0.05, 0) is 11.6 Å². The Morgan fingerprint density at radius 3 is 2.54 bits per heavy atom. The summed E-state index contributed by atoms with van der Waals surface area (Å²) in [5, 5.41) is 9.97. The van der Waals surface area contributed by atoms with Crippen LogP contribution in [0.3, 0.4) is 0 Å². The van der Waals surface area contributed by atoms with Crippen LogP contribution in [0.1, 0.15) is 19.4 Å². The summed E-state index contributed by atoms with van der Waals surface area (Å²) in [6.07, 6.45) is -0.412. The first kappa shape index (κ1) is 8.57. The molecule has 1 aliphatic heterocycles. The van der Waals surface area contributed by atoms with Crippen molar-refractivity contribution in [3.63, 3.8) is 0 Å². The fourth-order valence-corrected chi connectivity index (χ4v) is 2.08. The molecule has 0 fully saturated rings. The summed E-state index contributed by atoms with van der Waals surface area (Å²) in [5.41, 5.74) is 2.20. The van der Waals surface area contributed by atoms with E-state index in [0.717, 1.165) is 5.69 Å². The molecule has 1 heterocycles. The second kappa shape index (κ2) is 2.48. The van der Waals surface area contributed by atoms with Crippen molar-refractivity contribution in [1.29, 1.82) is 0 Å². The van der Waals surface area contributed by atoms with Crippen LogP contribution in [0.25, 0.3) is 0 Å². The Labute approximate surface area is 78.8 Å². The number of aliphatic hydroxyl groups excluding tert-OH is 1. The zero-order chi connectivity index (χ0) is 9.64. The molecule has 0 spiro atoms. The monoisotopic (exact) mass is 177 g/mol. The normalized spacial score (nSPS) is 24.6. The van der Waals surface area contributed by atoms with Gasteiger partial charge in [0.15, 0.2) is 0 Å². The number of hydrogen-bond donors (Lipinski definition) is 1. The van der Waals surface area contributed by atoms with Gasteiger partial charge in [-0.15, -0.1) is 0 Å². The Kier molecular flexibility index (Phi) is 1.64. The Hall–Kier alpha value is -1.02. The molecular weight excluding hydrogens is 162 g/mol. The zero-order valence-corrected chi connectivity index (χ0v) is 8.28. The van der Waals surface area contributed by atoms with Crippen LogP contribution in [0.15, 0.2) is 24.3 Å². The van der Waals surface area contributed by atoms with E-state index in [1.165, 1.54) is 5.56 Å². The van der Waals surface area contributed by atoms with E-state index in [0.29, 0.717) is 0 Å². The number of aliphatic hydroxyl groups is 1. The molecular formula is C11H15NO. The van der Waals surface area contributed by atoms with Gasteiger partial charge in [0, 0.05) is 18.2 Å². The predicted octanol–water partition coefficient (Wildman–Crippen LogP) is 1.73. The summed E-state index contributed by atoms with van der Waals surface area (Å²) in [5.74, 6) is 0. The van der Waals surface area contributed by atoms with Crippen molar-refractivity contribution in [3.8, 4) is 0 Å². The van der Waals surface area contributed by atoms with Crippen LogP contribution in [-0.4, -0.2) is 18.4 Å². The maximum Gasteiger partial charge on any atom is 0.135 e. The highest BCUT2D eigenvalue weighted by atomic mass is 16.3. The average molecular weight is 177 g/mol. The van der Waals surface area contributed by atoms with E-state index in [1.807, 2.05) is 30.1 Å². The molecule has 0 bridgehead atoms. The lowest BCUT2D eigenvalue weighted by Crippen LogP contribution is -2.38. The molecule has 0 radical (unpaired) electrons. The molecule has 2 rings (SSSR count). The molecule has 1 atom stereocenters. The minimum atomic E-state index is -0.412. The summed E-state index contributed by atoms with van der Waals surface area (Å²) >= 11 is 0. The third-order valence-corrected chi connectivity index (χ3v) is 2.99. The molecule has 0 saturated heterocycles. The standard InChI is InChI=1S/C11H15NO/c1-11(2)8-6-4-5-7-9(8)12(3)10(11)13/h4-7,10,13H,1-3H3/t10-/m1/s1. The van der Waals surface area contributed by atoms with Gasteiger partial charge >= 0.3 is 0 Å². The zero-order valence-electron chi connectivity index (χ0n) is 8.28. The van der Waals surface area contributed by atoms with Gasteiger partial charge in [-0.1, -0.05) is 32.0 Å². The van der Waals surface area contributed by atoms with Crippen molar-refractivity contribution >= 4 is 5.69 Å². The number of para-hydroxylation sites is 1. The molecule has 1 aromatic carbocycles. The molecule has 2 heteroatoms. The molecule has 70 valence electrons. The Morgan fingerprint density at radius 1 is 1.31 bits per heavy atom. The Bertz CT molecular complexity index is 333. The summed E-state index contributed by atoms with van der Waals surface area (Å²) in [4.78, 5) is 1.93. The highest BCUT2D eigenvalue weighted by Gasteiger charge is 2.41. The minimum absolute atomic E-state index is 0.161. The molecule has 1 aromatic rings. The lowest BCUT2D eigenvalue weighted by molar-refractivity contribution is 0.114. The van der Waals surface area contributed by atoms with E-state index in [1.54, 1.807) is 0 Å².